The van der Waals surface area contributed by atoms with E-state index in [1.54, 1.807) is 0 Å². The van der Waals surface area contributed by atoms with E-state index in [-0.39, 0.29) is 11.4 Å². The number of carbonyl (C=O) groups excluding carboxylic acids is 1. The fourth-order valence-electron chi connectivity index (χ4n) is 2.81. The molecular formula is C10H17NO3. The molecule has 4 heteroatoms. The van der Waals surface area contributed by atoms with Gasteiger partial charge in [-0.05, 0) is 24.7 Å². The second-order valence-electron chi connectivity index (χ2n) is 4.35. The zero-order valence-corrected chi connectivity index (χ0v) is 8.54. The minimum absolute atomic E-state index is 0.0904. The second kappa shape index (κ2) is 3.21. The van der Waals surface area contributed by atoms with Crippen LogP contribution in [-0.2, 0) is 14.3 Å². The molecule has 1 atom stereocenters. The van der Waals surface area contributed by atoms with Gasteiger partial charge in [0.15, 0.2) is 0 Å². The standard InChI is InChI=1S/C10H17NO3/c1-13-8(12)10(7-11)6-9(10)2-4-14-5-3-9/h2-7,11H2,1H3/t10-/m0/s1. The summed E-state index contributed by atoms with van der Waals surface area (Å²) in [6, 6.07) is 0. The van der Waals surface area contributed by atoms with Crippen molar-refractivity contribution in [3.05, 3.63) is 0 Å². The lowest BCUT2D eigenvalue weighted by molar-refractivity contribution is -0.149. The first-order valence-corrected chi connectivity index (χ1v) is 5.07. The van der Waals surface area contributed by atoms with Crippen LogP contribution in [0.2, 0.25) is 0 Å². The SMILES string of the molecule is COC(=O)[C@@]1(CN)CC12CCOCC2. The maximum absolute atomic E-state index is 11.7. The van der Waals surface area contributed by atoms with Crippen LogP contribution < -0.4 is 5.73 Å². The molecule has 0 amide bonds. The van der Waals surface area contributed by atoms with E-state index in [4.69, 9.17) is 15.2 Å². The molecule has 2 rings (SSSR count). The Morgan fingerprint density at radius 3 is 2.64 bits per heavy atom. The molecule has 0 radical (unpaired) electrons. The first-order valence-electron chi connectivity index (χ1n) is 5.07. The first-order chi connectivity index (χ1) is 6.71. The average Bonchev–Trinajstić information content (AvgIpc) is 2.87. The zero-order valence-electron chi connectivity index (χ0n) is 8.54. The summed E-state index contributed by atoms with van der Waals surface area (Å²) in [5.74, 6) is -0.137. The summed E-state index contributed by atoms with van der Waals surface area (Å²) < 4.78 is 10.1. The quantitative estimate of drug-likeness (QED) is 0.650. The summed E-state index contributed by atoms with van der Waals surface area (Å²) in [6.45, 7) is 1.90. The Kier molecular flexibility index (Phi) is 2.27. The van der Waals surface area contributed by atoms with E-state index >= 15 is 0 Å². The van der Waals surface area contributed by atoms with E-state index in [1.165, 1.54) is 7.11 Å². The summed E-state index contributed by atoms with van der Waals surface area (Å²) in [4.78, 5) is 11.7. The van der Waals surface area contributed by atoms with E-state index < -0.39 is 5.41 Å². The van der Waals surface area contributed by atoms with Gasteiger partial charge < -0.3 is 15.2 Å². The third kappa shape index (κ3) is 1.10. The molecule has 1 spiro atoms. The molecule has 0 unspecified atom stereocenters. The number of hydrogen-bond acceptors (Lipinski definition) is 4. The van der Waals surface area contributed by atoms with Crippen LogP contribution in [0.5, 0.6) is 0 Å². The van der Waals surface area contributed by atoms with Gasteiger partial charge in [-0.3, -0.25) is 4.79 Å². The van der Waals surface area contributed by atoms with Gasteiger partial charge in [0.2, 0.25) is 0 Å². The molecule has 2 aliphatic rings. The van der Waals surface area contributed by atoms with Gasteiger partial charge in [-0.2, -0.15) is 0 Å². The molecule has 0 aromatic heterocycles. The van der Waals surface area contributed by atoms with Crippen LogP contribution in [0.4, 0.5) is 0 Å². The van der Waals surface area contributed by atoms with Crippen LogP contribution in [0.3, 0.4) is 0 Å². The van der Waals surface area contributed by atoms with Gasteiger partial charge in [0.1, 0.15) is 0 Å². The molecule has 14 heavy (non-hydrogen) atoms. The molecule has 1 aliphatic carbocycles. The summed E-state index contributed by atoms with van der Waals surface area (Å²) in [5.41, 5.74) is 5.40. The molecule has 1 saturated heterocycles. The van der Waals surface area contributed by atoms with Gasteiger partial charge in [-0.1, -0.05) is 0 Å². The van der Waals surface area contributed by atoms with Crippen molar-refractivity contribution in [1.82, 2.24) is 0 Å². The molecule has 1 heterocycles. The summed E-state index contributed by atoms with van der Waals surface area (Å²) in [5, 5.41) is 0. The molecule has 0 aromatic rings. The van der Waals surface area contributed by atoms with E-state index in [0.717, 1.165) is 32.5 Å². The highest BCUT2D eigenvalue weighted by atomic mass is 16.5. The fourth-order valence-corrected chi connectivity index (χ4v) is 2.81. The molecule has 80 valence electrons. The predicted molar refractivity (Wildman–Crippen MR) is 50.6 cm³/mol. The molecular weight excluding hydrogens is 182 g/mol. The lowest BCUT2D eigenvalue weighted by Gasteiger charge is -2.27. The smallest absolute Gasteiger partial charge is 0.313 e. The Balaban J connectivity index is 2.14. The Morgan fingerprint density at radius 1 is 1.50 bits per heavy atom. The molecule has 1 aliphatic heterocycles. The lowest BCUT2D eigenvalue weighted by atomic mass is 9.86. The Hall–Kier alpha value is -0.610. The second-order valence-corrected chi connectivity index (χ2v) is 4.35. The van der Waals surface area contributed by atoms with Crippen molar-refractivity contribution < 1.29 is 14.3 Å². The highest BCUT2D eigenvalue weighted by Gasteiger charge is 2.71. The third-order valence-electron chi connectivity index (χ3n) is 3.90. The van der Waals surface area contributed by atoms with Crippen molar-refractivity contribution in [1.29, 1.82) is 0 Å². The van der Waals surface area contributed by atoms with E-state index in [1.807, 2.05) is 0 Å². The lowest BCUT2D eigenvalue weighted by Crippen LogP contribution is -2.35. The normalized spacial score (nSPS) is 34.1. The van der Waals surface area contributed by atoms with Gasteiger partial charge in [-0.15, -0.1) is 0 Å². The van der Waals surface area contributed by atoms with Crippen molar-refractivity contribution in [3.8, 4) is 0 Å². The van der Waals surface area contributed by atoms with E-state index in [2.05, 4.69) is 0 Å². The van der Waals surface area contributed by atoms with Gasteiger partial charge >= 0.3 is 5.97 Å². The molecule has 2 fully saturated rings. The number of rotatable bonds is 2. The first kappa shape index (κ1) is 9.93. The maximum Gasteiger partial charge on any atom is 0.313 e. The van der Waals surface area contributed by atoms with Gasteiger partial charge in [-0.25, -0.2) is 0 Å². The maximum atomic E-state index is 11.7. The van der Waals surface area contributed by atoms with Crippen molar-refractivity contribution in [2.45, 2.75) is 19.3 Å². The molecule has 2 N–H and O–H groups in total. The van der Waals surface area contributed by atoms with Gasteiger partial charge in [0.25, 0.3) is 0 Å². The predicted octanol–water partition coefficient (Wildman–Crippen LogP) is 0.305. The van der Waals surface area contributed by atoms with Crippen LogP contribution in [-0.4, -0.2) is 32.8 Å². The topological polar surface area (TPSA) is 61.5 Å². The van der Waals surface area contributed by atoms with Crippen molar-refractivity contribution in [2.24, 2.45) is 16.6 Å². The number of carbonyl (C=O) groups is 1. The number of nitrogens with two attached hydrogens (primary N) is 1. The Bertz CT molecular complexity index is 248. The zero-order chi connectivity index (χ0) is 10.2. The van der Waals surface area contributed by atoms with Gasteiger partial charge in [0.05, 0.1) is 12.5 Å². The van der Waals surface area contributed by atoms with Crippen molar-refractivity contribution in [3.63, 3.8) is 0 Å². The monoisotopic (exact) mass is 199 g/mol. The average molecular weight is 199 g/mol. The molecule has 0 bridgehead atoms. The Labute approximate surface area is 83.7 Å². The van der Waals surface area contributed by atoms with Crippen molar-refractivity contribution >= 4 is 5.97 Å². The summed E-state index contributed by atoms with van der Waals surface area (Å²) in [6.07, 6.45) is 2.77. The minimum Gasteiger partial charge on any atom is -0.469 e. The number of esters is 1. The highest BCUT2D eigenvalue weighted by Crippen LogP contribution is 2.68. The molecule has 1 saturated carbocycles. The summed E-state index contributed by atoms with van der Waals surface area (Å²) in [7, 11) is 1.44. The van der Waals surface area contributed by atoms with Gasteiger partial charge in [0, 0.05) is 19.8 Å². The van der Waals surface area contributed by atoms with Crippen molar-refractivity contribution in [2.75, 3.05) is 26.9 Å². The Morgan fingerprint density at radius 2 is 2.14 bits per heavy atom. The fraction of sp³-hybridized carbons (Fsp3) is 0.900. The largest absolute Gasteiger partial charge is 0.469 e. The van der Waals surface area contributed by atoms with Crippen LogP contribution >= 0.6 is 0 Å². The number of ether oxygens (including phenoxy) is 2. The number of hydrogen-bond donors (Lipinski definition) is 1. The van der Waals surface area contributed by atoms with Crippen LogP contribution in [0.25, 0.3) is 0 Å². The molecule has 0 aromatic carbocycles. The van der Waals surface area contributed by atoms with E-state index in [9.17, 15) is 4.79 Å². The summed E-state index contributed by atoms with van der Waals surface area (Å²) >= 11 is 0. The highest BCUT2D eigenvalue weighted by molar-refractivity contribution is 5.82. The van der Waals surface area contributed by atoms with E-state index in [0.29, 0.717) is 6.54 Å². The third-order valence-corrected chi connectivity index (χ3v) is 3.90. The van der Waals surface area contributed by atoms with Crippen LogP contribution in [0, 0.1) is 10.8 Å². The van der Waals surface area contributed by atoms with Crippen LogP contribution in [0.1, 0.15) is 19.3 Å². The molecule has 4 nitrogen and oxygen atoms in total. The number of methoxy groups -OCH3 is 1. The van der Waals surface area contributed by atoms with Crippen LogP contribution in [0.15, 0.2) is 0 Å². The minimum atomic E-state index is -0.397.